The molecule has 0 atom stereocenters. The molecule has 2 aromatic rings. The first-order valence-electron chi connectivity index (χ1n) is 8.09. The van der Waals surface area contributed by atoms with E-state index < -0.39 is 10.0 Å². The minimum Gasteiger partial charge on any atom is -0.351 e. The van der Waals surface area contributed by atoms with Crippen LogP contribution in [0.3, 0.4) is 0 Å². The van der Waals surface area contributed by atoms with Gasteiger partial charge in [-0.1, -0.05) is 11.2 Å². The summed E-state index contributed by atoms with van der Waals surface area (Å²) in [5.74, 6) is -0.0770. The van der Waals surface area contributed by atoms with Crippen molar-refractivity contribution in [2.75, 3.05) is 26.2 Å². The molecule has 0 aliphatic carbocycles. The third-order valence-electron chi connectivity index (χ3n) is 4.48. The van der Waals surface area contributed by atoms with E-state index in [1.807, 2.05) is 19.9 Å². The summed E-state index contributed by atoms with van der Waals surface area (Å²) in [4.78, 5) is 14.2. The third kappa shape index (κ3) is 3.45. The fourth-order valence-electron chi connectivity index (χ4n) is 2.78. The van der Waals surface area contributed by atoms with E-state index in [1.165, 1.54) is 4.31 Å². The smallest absolute Gasteiger partial charge is 0.292 e. The van der Waals surface area contributed by atoms with Crippen molar-refractivity contribution in [1.29, 1.82) is 0 Å². The van der Waals surface area contributed by atoms with Crippen molar-refractivity contribution >= 4 is 15.9 Å². The molecule has 7 nitrogen and oxygen atoms in total. The van der Waals surface area contributed by atoms with Gasteiger partial charge >= 0.3 is 0 Å². The SMILES string of the molecule is Cc1cc(C(=O)N2CCN(S(=O)(=O)c3ccc(C)c(C)c3)CC2)on1. The maximum Gasteiger partial charge on any atom is 0.292 e. The Balaban J connectivity index is 1.71. The molecule has 1 amide bonds. The fraction of sp³-hybridized carbons (Fsp3) is 0.412. The highest BCUT2D eigenvalue weighted by Gasteiger charge is 2.31. The van der Waals surface area contributed by atoms with Gasteiger partial charge in [-0.25, -0.2) is 8.42 Å². The van der Waals surface area contributed by atoms with Gasteiger partial charge in [0.25, 0.3) is 5.91 Å². The second-order valence-corrected chi connectivity index (χ2v) is 8.21. The maximum absolute atomic E-state index is 12.8. The van der Waals surface area contributed by atoms with Gasteiger partial charge in [0, 0.05) is 32.2 Å². The largest absolute Gasteiger partial charge is 0.351 e. The summed E-state index contributed by atoms with van der Waals surface area (Å²) in [6.45, 7) is 6.74. The highest BCUT2D eigenvalue weighted by atomic mass is 32.2. The highest BCUT2D eigenvalue weighted by molar-refractivity contribution is 7.89. The molecule has 1 aromatic carbocycles. The Morgan fingerprint density at radius 2 is 1.72 bits per heavy atom. The van der Waals surface area contributed by atoms with Crippen molar-refractivity contribution in [3.8, 4) is 0 Å². The number of aromatic nitrogens is 1. The van der Waals surface area contributed by atoms with Crippen LogP contribution in [-0.2, 0) is 10.0 Å². The number of aryl methyl sites for hydroxylation is 3. The molecule has 0 N–H and O–H groups in total. The van der Waals surface area contributed by atoms with Gasteiger partial charge in [0.15, 0.2) is 0 Å². The molecule has 1 saturated heterocycles. The quantitative estimate of drug-likeness (QED) is 0.829. The van der Waals surface area contributed by atoms with Crippen LogP contribution in [0, 0.1) is 20.8 Å². The van der Waals surface area contributed by atoms with E-state index in [0.717, 1.165) is 11.1 Å². The molecule has 1 aliphatic heterocycles. The summed E-state index contributed by atoms with van der Waals surface area (Å²) in [5, 5.41) is 3.71. The van der Waals surface area contributed by atoms with E-state index in [9.17, 15) is 13.2 Å². The average Bonchev–Trinajstić information content (AvgIpc) is 3.03. The molecule has 1 aliphatic rings. The standard InChI is InChI=1S/C17H21N3O4S/c1-12-4-5-15(10-13(12)2)25(22,23)20-8-6-19(7-9-20)17(21)16-11-14(3)18-24-16/h4-5,10-11H,6-9H2,1-3H3. The van der Waals surface area contributed by atoms with Crippen LogP contribution in [0.5, 0.6) is 0 Å². The van der Waals surface area contributed by atoms with Crippen LogP contribution in [0.1, 0.15) is 27.4 Å². The fourth-order valence-corrected chi connectivity index (χ4v) is 4.28. The Hall–Kier alpha value is -2.19. The molecule has 1 fully saturated rings. The predicted octanol–water partition coefficient (Wildman–Crippen LogP) is 1.75. The number of amides is 1. The molecule has 0 radical (unpaired) electrons. The van der Waals surface area contributed by atoms with Gasteiger partial charge < -0.3 is 9.42 Å². The first-order valence-corrected chi connectivity index (χ1v) is 9.53. The topological polar surface area (TPSA) is 83.7 Å². The van der Waals surface area contributed by atoms with Crippen LogP contribution in [0.2, 0.25) is 0 Å². The molecule has 8 heteroatoms. The van der Waals surface area contributed by atoms with Gasteiger partial charge in [-0.05, 0) is 44.0 Å². The number of carbonyl (C=O) groups is 1. The zero-order valence-electron chi connectivity index (χ0n) is 14.5. The van der Waals surface area contributed by atoms with Gasteiger partial charge in [0.05, 0.1) is 10.6 Å². The summed E-state index contributed by atoms with van der Waals surface area (Å²) in [6.07, 6.45) is 0. The van der Waals surface area contributed by atoms with Gasteiger partial charge in [-0.2, -0.15) is 4.31 Å². The average molecular weight is 363 g/mol. The Kier molecular flexibility index (Phi) is 4.66. The molecule has 0 saturated carbocycles. The summed E-state index contributed by atoms with van der Waals surface area (Å²) in [7, 11) is -3.55. The van der Waals surface area contributed by atoms with Crippen LogP contribution in [-0.4, -0.2) is 54.9 Å². The Morgan fingerprint density at radius 1 is 1.04 bits per heavy atom. The third-order valence-corrected chi connectivity index (χ3v) is 6.38. The molecule has 25 heavy (non-hydrogen) atoms. The van der Waals surface area contributed by atoms with Crippen LogP contribution in [0.15, 0.2) is 33.7 Å². The zero-order chi connectivity index (χ0) is 18.2. The van der Waals surface area contributed by atoms with Crippen molar-refractivity contribution in [1.82, 2.24) is 14.4 Å². The number of sulfonamides is 1. The van der Waals surface area contributed by atoms with Gasteiger partial charge in [-0.3, -0.25) is 4.79 Å². The highest BCUT2D eigenvalue weighted by Crippen LogP contribution is 2.21. The lowest BCUT2D eigenvalue weighted by Gasteiger charge is -2.33. The Bertz CT molecular complexity index is 896. The zero-order valence-corrected chi connectivity index (χ0v) is 15.3. The first-order chi connectivity index (χ1) is 11.8. The van der Waals surface area contributed by atoms with E-state index in [1.54, 1.807) is 30.0 Å². The molecule has 2 heterocycles. The molecule has 0 unspecified atom stereocenters. The van der Waals surface area contributed by atoms with Crippen molar-refractivity contribution in [3.63, 3.8) is 0 Å². The van der Waals surface area contributed by atoms with Gasteiger partial charge in [0.1, 0.15) is 0 Å². The second kappa shape index (κ2) is 6.61. The maximum atomic E-state index is 12.8. The monoisotopic (exact) mass is 363 g/mol. The molecule has 0 bridgehead atoms. The molecular weight excluding hydrogens is 342 g/mol. The van der Waals surface area contributed by atoms with Crippen LogP contribution >= 0.6 is 0 Å². The first kappa shape index (κ1) is 17.6. The minimum atomic E-state index is -3.55. The second-order valence-electron chi connectivity index (χ2n) is 6.27. The van der Waals surface area contributed by atoms with E-state index in [2.05, 4.69) is 5.16 Å². The lowest BCUT2D eigenvalue weighted by Crippen LogP contribution is -2.50. The van der Waals surface area contributed by atoms with Crippen molar-refractivity contribution in [2.24, 2.45) is 0 Å². The summed E-state index contributed by atoms with van der Waals surface area (Å²) in [5.41, 5.74) is 2.63. The van der Waals surface area contributed by atoms with Crippen molar-refractivity contribution < 1.29 is 17.7 Å². The molecular formula is C17H21N3O4S. The lowest BCUT2D eigenvalue weighted by molar-refractivity contribution is 0.0656. The summed E-state index contributed by atoms with van der Waals surface area (Å²) in [6, 6.07) is 6.72. The molecule has 3 rings (SSSR count). The molecule has 134 valence electrons. The number of hydrogen-bond donors (Lipinski definition) is 0. The predicted molar refractivity (Wildman–Crippen MR) is 91.8 cm³/mol. The minimum absolute atomic E-state index is 0.183. The van der Waals surface area contributed by atoms with Crippen LogP contribution < -0.4 is 0 Å². The van der Waals surface area contributed by atoms with E-state index in [-0.39, 0.29) is 24.8 Å². The number of piperazine rings is 1. The van der Waals surface area contributed by atoms with Crippen molar-refractivity contribution in [2.45, 2.75) is 25.7 Å². The van der Waals surface area contributed by atoms with Crippen molar-refractivity contribution in [3.05, 3.63) is 46.8 Å². The van der Waals surface area contributed by atoms with Crippen LogP contribution in [0.25, 0.3) is 0 Å². The van der Waals surface area contributed by atoms with E-state index >= 15 is 0 Å². The number of benzene rings is 1. The lowest BCUT2D eigenvalue weighted by atomic mass is 10.1. The summed E-state index contributed by atoms with van der Waals surface area (Å²) < 4.78 is 32.0. The van der Waals surface area contributed by atoms with Gasteiger partial charge in [0.2, 0.25) is 15.8 Å². The molecule has 0 spiro atoms. The Morgan fingerprint density at radius 3 is 2.28 bits per heavy atom. The number of carbonyl (C=O) groups excluding carboxylic acids is 1. The normalized spacial score (nSPS) is 16.2. The number of rotatable bonds is 3. The number of hydrogen-bond acceptors (Lipinski definition) is 5. The van der Waals surface area contributed by atoms with E-state index in [4.69, 9.17) is 4.52 Å². The summed E-state index contributed by atoms with van der Waals surface area (Å²) >= 11 is 0. The molecule has 1 aromatic heterocycles. The van der Waals surface area contributed by atoms with Crippen LogP contribution in [0.4, 0.5) is 0 Å². The van der Waals surface area contributed by atoms with Gasteiger partial charge in [-0.15, -0.1) is 0 Å². The Labute approximate surface area is 147 Å². The number of nitrogens with zero attached hydrogens (tertiary/aromatic N) is 3. The van der Waals surface area contributed by atoms with E-state index in [0.29, 0.717) is 23.7 Å².